The van der Waals surface area contributed by atoms with Gasteiger partial charge in [-0.3, -0.25) is 9.52 Å². The number of benzene rings is 2. The summed E-state index contributed by atoms with van der Waals surface area (Å²) in [5, 5.41) is 2.69. The predicted molar refractivity (Wildman–Crippen MR) is 102 cm³/mol. The molecule has 0 fully saturated rings. The van der Waals surface area contributed by atoms with Gasteiger partial charge in [-0.2, -0.15) is 0 Å². The summed E-state index contributed by atoms with van der Waals surface area (Å²) in [6.07, 6.45) is 4.07. The van der Waals surface area contributed by atoms with Crippen molar-refractivity contribution in [2.24, 2.45) is 0 Å². The molecule has 2 rings (SSSR count). The number of para-hydroxylation sites is 1. The molecular formula is C18H20N2O5S. The Kier molecular flexibility index (Phi) is 6.24. The van der Waals surface area contributed by atoms with Crippen LogP contribution in [0.15, 0.2) is 48.5 Å². The van der Waals surface area contributed by atoms with Crippen LogP contribution < -0.4 is 19.5 Å². The van der Waals surface area contributed by atoms with E-state index in [0.29, 0.717) is 28.4 Å². The van der Waals surface area contributed by atoms with E-state index in [1.165, 1.54) is 13.2 Å². The van der Waals surface area contributed by atoms with Crippen molar-refractivity contribution < 1.29 is 22.7 Å². The summed E-state index contributed by atoms with van der Waals surface area (Å²) < 4.78 is 35.2. The van der Waals surface area contributed by atoms with E-state index in [1.54, 1.807) is 55.7 Å². The van der Waals surface area contributed by atoms with Gasteiger partial charge in [-0.15, -0.1) is 0 Å². The normalized spacial score (nSPS) is 11.2. The summed E-state index contributed by atoms with van der Waals surface area (Å²) in [6.45, 7) is 0. The Balaban J connectivity index is 2.06. The van der Waals surface area contributed by atoms with Crippen molar-refractivity contribution in [1.29, 1.82) is 0 Å². The van der Waals surface area contributed by atoms with Crippen molar-refractivity contribution in [1.82, 2.24) is 0 Å². The third-order valence-corrected chi connectivity index (χ3v) is 3.91. The second-order valence-electron chi connectivity index (χ2n) is 5.36. The molecule has 0 radical (unpaired) electrons. The molecule has 1 amide bonds. The standard InChI is InChI=1S/C18H20N2O5S/c1-24-16-6-4-5-13(18(16)25-2)7-12-17(21)19-14-8-10-15(11-9-14)20-26(3,22)23/h4-12,20H,1-3H3,(H,19,21)/b12-7+. The maximum Gasteiger partial charge on any atom is 0.248 e. The van der Waals surface area contributed by atoms with E-state index >= 15 is 0 Å². The minimum Gasteiger partial charge on any atom is -0.493 e. The van der Waals surface area contributed by atoms with Crippen molar-refractivity contribution in [2.45, 2.75) is 0 Å². The van der Waals surface area contributed by atoms with Crippen molar-refractivity contribution >= 4 is 33.4 Å². The van der Waals surface area contributed by atoms with Crippen LogP contribution in [-0.4, -0.2) is 34.8 Å². The number of sulfonamides is 1. The van der Waals surface area contributed by atoms with Gasteiger partial charge < -0.3 is 14.8 Å². The molecule has 0 saturated carbocycles. The first-order chi connectivity index (χ1) is 12.3. The van der Waals surface area contributed by atoms with Crippen LogP contribution in [0.1, 0.15) is 5.56 Å². The van der Waals surface area contributed by atoms with Gasteiger partial charge in [-0.25, -0.2) is 8.42 Å². The summed E-state index contributed by atoms with van der Waals surface area (Å²) in [5.41, 5.74) is 1.66. The molecule has 0 aliphatic heterocycles. The maximum atomic E-state index is 12.1. The second kappa shape index (κ2) is 8.39. The van der Waals surface area contributed by atoms with E-state index < -0.39 is 10.0 Å². The number of rotatable bonds is 7. The van der Waals surface area contributed by atoms with Crippen LogP contribution in [0.3, 0.4) is 0 Å². The van der Waals surface area contributed by atoms with E-state index in [0.717, 1.165) is 6.26 Å². The first-order valence-corrected chi connectivity index (χ1v) is 9.49. The van der Waals surface area contributed by atoms with Crippen LogP contribution in [-0.2, 0) is 14.8 Å². The lowest BCUT2D eigenvalue weighted by atomic mass is 10.1. The van der Waals surface area contributed by atoms with Gasteiger partial charge in [0, 0.05) is 23.0 Å². The van der Waals surface area contributed by atoms with Gasteiger partial charge >= 0.3 is 0 Å². The first kappa shape index (κ1) is 19.3. The lowest BCUT2D eigenvalue weighted by Crippen LogP contribution is -2.10. The molecule has 8 heteroatoms. The third-order valence-electron chi connectivity index (χ3n) is 3.30. The fourth-order valence-corrected chi connectivity index (χ4v) is 2.79. The van der Waals surface area contributed by atoms with Gasteiger partial charge in [0.25, 0.3) is 0 Å². The average molecular weight is 376 g/mol. The molecule has 138 valence electrons. The lowest BCUT2D eigenvalue weighted by Gasteiger charge is -2.10. The highest BCUT2D eigenvalue weighted by Gasteiger charge is 2.07. The summed E-state index contributed by atoms with van der Waals surface area (Å²) in [6, 6.07) is 11.7. The fourth-order valence-electron chi connectivity index (χ4n) is 2.23. The van der Waals surface area contributed by atoms with E-state index in [-0.39, 0.29) is 5.91 Å². The Bertz CT molecular complexity index is 906. The van der Waals surface area contributed by atoms with Crippen LogP contribution in [0.2, 0.25) is 0 Å². The van der Waals surface area contributed by atoms with Crippen molar-refractivity contribution in [3.63, 3.8) is 0 Å². The second-order valence-corrected chi connectivity index (χ2v) is 7.11. The molecule has 0 aliphatic rings. The van der Waals surface area contributed by atoms with E-state index in [1.807, 2.05) is 0 Å². The number of hydrogen-bond acceptors (Lipinski definition) is 5. The quantitative estimate of drug-likeness (QED) is 0.725. The highest BCUT2D eigenvalue weighted by atomic mass is 32.2. The van der Waals surface area contributed by atoms with E-state index in [9.17, 15) is 13.2 Å². The molecule has 0 unspecified atom stereocenters. The van der Waals surface area contributed by atoms with Crippen molar-refractivity contribution in [3.05, 3.63) is 54.1 Å². The zero-order chi connectivity index (χ0) is 19.2. The number of nitrogens with one attached hydrogen (secondary N) is 2. The molecule has 2 aromatic carbocycles. The van der Waals surface area contributed by atoms with Crippen molar-refractivity contribution in [3.8, 4) is 11.5 Å². The maximum absolute atomic E-state index is 12.1. The van der Waals surface area contributed by atoms with Crippen molar-refractivity contribution in [2.75, 3.05) is 30.5 Å². The van der Waals surface area contributed by atoms with Crippen LogP contribution in [0, 0.1) is 0 Å². The van der Waals surface area contributed by atoms with Crippen LogP contribution >= 0.6 is 0 Å². The molecule has 0 atom stereocenters. The van der Waals surface area contributed by atoms with Gasteiger partial charge in [0.15, 0.2) is 11.5 Å². The summed E-state index contributed by atoms with van der Waals surface area (Å²) in [7, 11) is -0.264. The SMILES string of the molecule is COc1cccc(/C=C/C(=O)Nc2ccc(NS(C)(=O)=O)cc2)c1OC. The zero-order valence-corrected chi connectivity index (χ0v) is 15.5. The Morgan fingerprint density at radius 1 is 1.00 bits per heavy atom. The molecule has 0 aromatic heterocycles. The number of ether oxygens (including phenoxy) is 2. The topological polar surface area (TPSA) is 93.7 Å². The molecule has 2 N–H and O–H groups in total. The molecule has 26 heavy (non-hydrogen) atoms. The summed E-state index contributed by atoms with van der Waals surface area (Å²) in [5.74, 6) is 0.776. The van der Waals surface area contributed by atoms with E-state index in [4.69, 9.17) is 9.47 Å². The largest absolute Gasteiger partial charge is 0.493 e. The number of carbonyl (C=O) groups excluding carboxylic acids is 1. The van der Waals surface area contributed by atoms with Crippen LogP contribution in [0.25, 0.3) is 6.08 Å². The number of anilines is 2. The summed E-state index contributed by atoms with van der Waals surface area (Å²) >= 11 is 0. The lowest BCUT2D eigenvalue weighted by molar-refractivity contribution is -0.111. The van der Waals surface area contributed by atoms with Gasteiger partial charge in [-0.05, 0) is 36.4 Å². The average Bonchev–Trinajstić information content (AvgIpc) is 2.60. The zero-order valence-electron chi connectivity index (χ0n) is 14.6. The summed E-state index contributed by atoms with van der Waals surface area (Å²) in [4.78, 5) is 12.1. The highest BCUT2D eigenvalue weighted by molar-refractivity contribution is 7.92. The minimum absolute atomic E-state index is 0.335. The molecule has 0 heterocycles. The van der Waals surface area contributed by atoms with Gasteiger partial charge in [-0.1, -0.05) is 12.1 Å². The van der Waals surface area contributed by atoms with E-state index in [2.05, 4.69) is 10.0 Å². The molecule has 0 bridgehead atoms. The predicted octanol–water partition coefficient (Wildman–Crippen LogP) is 2.73. The van der Waals surface area contributed by atoms with Crippen LogP contribution in [0.5, 0.6) is 11.5 Å². The highest BCUT2D eigenvalue weighted by Crippen LogP contribution is 2.31. The smallest absolute Gasteiger partial charge is 0.248 e. The monoisotopic (exact) mass is 376 g/mol. The Morgan fingerprint density at radius 2 is 1.65 bits per heavy atom. The molecule has 0 spiro atoms. The van der Waals surface area contributed by atoms with Gasteiger partial charge in [0.05, 0.1) is 20.5 Å². The third kappa shape index (κ3) is 5.52. The van der Waals surface area contributed by atoms with Gasteiger partial charge in [0.1, 0.15) is 0 Å². The molecule has 2 aromatic rings. The van der Waals surface area contributed by atoms with Crippen LogP contribution in [0.4, 0.5) is 11.4 Å². The number of methoxy groups -OCH3 is 2. The number of hydrogen-bond donors (Lipinski definition) is 2. The molecule has 0 saturated heterocycles. The molecule has 7 nitrogen and oxygen atoms in total. The first-order valence-electron chi connectivity index (χ1n) is 7.60. The minimum atomic E-state index is -3.34. The number of carbonyl (C=O) groups is 1. The Labute approximate surface area is 152 Å². The Morgan fingerprint density at radius 3 is 2.23 bits per heavy atom. The fraction of sp³-hybridized carbons (Fsp3) is 0.167. The number of amides is 1. The molecular weight excluding hydrogens is 356 g/mol. The molecule has 0 aliphatic carbocycles. The Hall–Kier alpha value is -3.00. The van der Waals surface area contributed by atoms with Gasteiger partial charge in [0.2, 0.25) is 15.9 Å².